The molecule has 0 rings (SSSR count). The van der Waals surface area contributed by atoms with Crippen molar-refractivity contribution in [2.24, 2.45) is 0 Å². The standard InChI is InChI=1S/C85H162NO8P/c1-6-8-10-12-14-16-18-20-22-24-26-28-30-32-34-36-38-39-40-41-42-43-44-45-46-47-48-50-52-54-56-58-60-62-64-66-68-70-72-74-76-78-85(88)94-83(82-93-95(89,90)92-80-79-86(3,4)5)81-91-84(87)77-75-73-71-69-67-65-63-61-59-57-55-53-51-49-37-35-33-31-29-27-25-23-21-19-17-15-13-11-9-7-2/h8,10,14,16,20,22,26,28,83H,6-7,9,11-13,15,17-19,21,23-25,27,29-82H2,1-5H3/b10-8-,16-14-,22-20-,28-26-. The molecule has 0 N–H and O–H groups in total. The molecule has 2 unspecified atom stereocenters. The Hall–Kier alpha value is -2.03. The molecule has 9 nitrogen and oxygen atoms in total. The van der Waals surface area contributed by atoms with Gasteiger partial charge in [0.15, 0.2) is 6.10 Å². The largest absolute Gasteiger partial charge is 0.756 e. The Bertz CT molecular complexity index is 1740. The fraction of sp³-hybridized carbons (Fsp3) is 0.882. The van der Waals surface area contributed by atoms with E-state index in [0.717, 1.165) is 57.8 Å². The molecule has 95 heavy (non-hydrogen) atoms. The molecule has 0 bridgehead atoms. The molecular weight excluding hydrogens is 1190 g/mol. The maximum absolute atomic E-state index is 12.9. The molecule has 0 aromatic rings. The number of ether oxygens (including phenoxy) is 2. The van der Waals surface area contributed by atoms with Gasteiger partial charge in [-0.3, -0.25) is 14.2 Å². The second-order valence-corrected chi connectivity index (χ2v) is 31.2. The number of phosphoric ester groups is 1. The van der Waals surface area contributed by atoms with Crippen molar-refractivity contribution in [1.29, 1.82) is 0 Å². The molecule has 560 valence electrons. The monoisotopic (exact) mass is 1360 g/mol. The number of esters is 2. The van der Waals surface area contributed by atoms with Crippen LogP contribution in [0.25, 0.3) is 0 Å². The molecule has 0 aliphatic carbocycles. The SMILES string of the molecule is CC/C=C\C/C=C\C/C=C\C/C=C\CCCCCCCCCCCCCCCCCCCCCCCCCCCCCCC(=O)OC(COC(=O)CCCCCCCCCCCCCCCCCCCCCCCCCCCCCCCC)COP(=O)([O-])OCC[N+](C)(C)C. The van der Waals surface area contributed by atoms with Gasteiger partial charge < -0.3 is 27.9 Å². The fourth-order valence-corrected chi connectivity index (χ4v) is 13.5. The molecule has 0 aromatic carbocycles. The van der Waals surface area contributed by atoms with E-state index in [1.54, 1.807) is 0 Å². The van der Waals surface area contributed by atoms with Crippen molar-refractivity contribution in [3.63, 3.8) is 0 Å². The van der Waals surface area contributed by atoms with Gasteiger partial charge in [0.05, 0.1) is 27.7 Å². The molecule has 2 atom stereocenters. The number of hydrogen-bond acceptors (Lipinski definition) is 8. The first-order chi connectivity index (χ1) is 46.5. The van der Waals surface area contributed by atoms with Crippen LogP contribution < -0.4 is 4.89 Å². The molecule has 0 saturated heterocycles. The number of allylic oxidation sites excluding steroid dienone is 8. The highest BCUT2D eigenvalue weighted by Crippen LogP contribution is 2.38. The van der Waals surface area contributed by atoms with E-state index in [1.807, 2.05) is 21.1 Å². The first kappa shape index (κ1) is 93.0. The van der Waals surface area contributed by atoms with E-state index in [0.29, 0.717) is 17.4 Å². The van der Waals surface area contributed by atoms with Gasteiger partial charge in [-0.1, -0.05) is 416 Å². The second-order valence-electron chi connectivity index (χ2n) is 29.8. The summed E-state index contributed by atoms with van der Waals surface area (Å²) in [5, 5.41) is 0. The summed E-state index contributed by atoms with van der Waals surface area (Å²) in [4.78, 5) is 38.2. The van der Waals surface area contributed by atoms with E-state index in [4.69, 9.17) is 18.5 Å². The lowest BCUT2D eigenvalue weighted by molar-refractivity contribution is -0.870. The Balaban J connectivity index is 3.86. The van der Waals surface area contributed by atoms with Gasteiger partial charge in [-0.2, -0.15) is 0 Å². The van der Waals surface area contributed by atoms with E-state index < -0.39 is 26.5 Å². The minimum atomic E-state index is -4.64. The fourth-order valence-electron chi connectivity index (χ4n) is 12.8. The van der Waals surface area contributed by atoms with Crippen molar-refractivity contribution in [2.75, 3.05) is 47.5 Å². The maximum atomic E-state index is 12.9. The van der Waals surface area contributed by atoms with Crippen molar-refractivity contribution in [3.8, 4) is 0 Å². The maximum Gasteiger partial charge on any atom is 0.306 e. The highest BCUT2D eigenvalue weighted by molar-refractivity contribution is 7.45. The number of nitrogens with zero attached hydrogens (tertiary/aromatic N) is 1. The summed E-state index contributed by atoms with van der Waals surface area (Å²) < 4.78 is 34.5. The van der Waals surface area contributed by atoms with E-state index in [-0.39, 0.29) is 32.0 Å². The van der Waals surface area contributed by atoms with Gasteiger partial charge in [0.25, 0.3) is 7.82 Å². The van der Waals surface area contributed by atoms with E-state index >= 15 is 0 Å². The van der Waals surface area contributed by atoms with Crippen LogP contribution in [0, 0.1) is 0 Å². The number of hydrogen-bond donors (Lipinski definition) is 0. The summed E-state index contributed by atoms with van der Waals surface area (Å²) >= 11 is 0. The molecule has 0 spiro atoms. The lowest BCUT2D eigenvalue weighted by atomic mass is 10.0. The number of quaternary nitrogens is 1. The van der Waals surface area contributed by atoms with Gasteiger partial charge >= 0.3 is 11.9 Å². The highest BCUT2D eigenvalue weighted by atomic mass is 31.2. The smallest absolute Gasteiger partial charge is 0.306 e. The van der Waals surface area contributed by atoms with Crippen LogP contribution >= 0.6 is 7.82 Å². The molecule has 0 amide bonds. The third-order valence-corrected chi connectivity index (χ3v) is 20.1. The normalized spacial score (nSPS) is 13.2. The van der Waals surface area contributed by atoms with Crippen molar-refractivity contribution in [1.82, 2.24) is 0 Å². The van der Waals surface area contributed by atoms with Crippen LogP contribution in [0.4, 0.5) is 0 Å². The number of likely N-dealkylation sites (N-methyl/N-ethyl adjacent to an activating group) is 1. The van der Waals surface area contributed by atoms with E-state index in [2.05, 4.69) is 62.5 Å². The van der Waals surface area contributed by atoms with Crippen LogP contribution in [0.2, 0.25) is 0 Å². The number of unbranched alkanes of at least 4 members (excludes halogenated alkanes) is 57. The lowest BCUT2D eigenvalue weighted by Crippen LogP contribution is -2.37. The van der Waals surface area contributed by atoms with Crippen molar-refractivity contribution >= 4 is 19.8 Å². The number of carbonyl (C=O) groups excluding carboxylic acids is 2. The third-order valence-electron chi connectivity index (χ3n) is 19.1. The predicted molar refractivity (Wildman–Crippen MR) is 411 cm³/mol. The third kappa shape index (κ3) is 80.8. The van der Waals surface area contributed by atoms with E-state index in [9.17, 15) is 19.0 Å². The topological polar surface area (TPSA) is 111 Å². The Morgan fingerprint density at radius 2 is 0.600 bits per heavy atom. The Labute approximate surface area is 592 Å². The van der Waals surface area contributed by atoms with Crippen LogP contribution in [0.15, 0.2) is 48.6 Å². The Morgan fingerprint density at radius 1 is 0.337 bits per heavy atom. The summed E-state index contributed by atoms with van der Waals surface area (Å²) in [6.07, 6.45) is 101. The van der Waals surface area contributed by atoms with Crippen molar-refractivity contribution < 1.29 is 42.1 Å². The van der Waals surface area contributed by atoms with Gasteiger partial charge in [0.1, 0.15) is 19.8 Å². The molecular formula is C85H162NO8P. The molecule has 0 radical (unpaired) electrons. The van der Waals surface area contributed by atoms with Gasteiger partial charge in [-0.15, -0.1) is 0 Å². The number of carbonyl (C=O) groups is 2. The zero-order valence-corrected chi connectivity index (χ0v) is 65.0. The number of phosphoric acid groups is 1. The summed E-state index contributed by atoms with van der Waals surface area (Å²) in [5.41, 5.74) is 0. The van der Waals surface area contributed by atoms with Crippen LogP contribution in [0.1, 0.15) is 431 Å². The molecule has 10 heteroatoms. The zero-order valence-electron chi connectivity index (χ0n) is 64.1. The molecule has 0 aromatic heterocycles. The van der Waals surface area contributed by atoms with Crippen LogP contribution in [-0.4, -0.2) is 70.0 Å². The van der Waals surface area contributed by atoms with Crippen molar-refractivity contribution in [2.45, 2.75) is 437 Å². The first-order valence-electron chi connectivity index (χ1n) is 41.8. The Kier molecular flexibility index (Phi) is 74.5. The molecule has 0 aliphatic heterocycles. The van der Waals surface area contributed by atoms with E-state index in [1.165, 1.54) is 340 Å². The van der Waals surface area contributed by atoms with Gasteiger partial charge in [-0.25, -0.2) is 0 Å². The van der Waals surface area contributed by atoms with Gasteiger partial charge in [0.2, 0.25) is 0 Å². The zero-order chi connectivity index (χ0) is 69.0. The molecule has 0 fully saturated rings. The minimum Gasteiger partial charge on any atom is -0.756 e. The second kappa shape index (κ2) is 76.2. The average Bonchev–Trinajstić information content (AvgIpc) is 1.81. The Morgan fingerprint density at radius 3 is 0.895 bits per heavy atom. The summed E-state index contributed by atoms with van der Waals surface area (Å²) in [7, 11) is 1.19. The number of rotatable bonds is 79. The molecule has 0 saturated carbocycles. The van der Waals surface area contributed by atoms with Crippen LogP contribution in [0.3, 0.4) is 0 Å². The average molecular weight is 1360 g/mol. The lowest BCUT2D eigenvalue weighted by Gasteiger charge is -2.28. The van der Waals surface area contributed by atoms with Gasteiger partial charge in [-0.05, 0) is 51.4 Å². The summed E-state index contributed by atoms with van der Waals surface area (Å²) in [6.45, 7) is 4.22. The summed E-state index contributed by atoms with van der Waals surface area (Å²) in [5.74, 6) is -0.804. The first-order valence-corrected chi connectivity index (χ1v) is 43.3. The highest BCUT2D eigenvalue weighted by Gasteiger charge is 2.22. The predicted octanol–water partition coefficient (Wildman–Crippen LogP) is 27.3. The van der Waals surface area contributed by atoms with Crippen molar-refractivity contribution in [3.05, 3.63) is 48.6 Å². The quantitative estimate of drug-likeness (QED) is 0.0195. The van der Waals surface area contributed by atoms with Gasteiger partial charge in [0, 0.05) is 12.8 Å². The van der Waals surface area contributed by atoms with Crippen LogP contribution in [-0.2, 0) is 32.7 Å². The molecule has 0 heterocycles. The van der Waals surface area contributed by atoms with Crippen LogP contribution in [0.5, 0.6) is 0 Å². The minimum absolute atomic E-state index is 0.0267. The molecule has 0 aliphatic rings. The summed E-state index contributed by atoms with van der Waals surface area (Å²) in [6, 6.07) is 0.